The molecule has 0 aliphatic carbocycles. The number of carbonyl (C=O) groups excluding carboxylic acids is 1. The number of hydrogen-bond donors (Lipinski definition) is 1. The Hall–Kier alpha value is -1.14. The van der Waals surface area contributed by atoms with Crippen molar-refractivity contribution in [2.24, 2.45) is 0 Å². The third-order valence-corrected chi connectivity index (χ3v) is 3.12. The van der Waals surface area contributed by atoms with Crippen LogP contribution in [0.1, 0.15) is 16.8 Å². The number of ether oxygens (including phenoxy) is 2. The maximum Gasteiger partial charge on any atom is 0.339 e. The molecule has 1 fully saturated rings. The summed E-state index contributed by atoms with van der Waals surface area (Å²) in [5.41, 5.74) is 5.54. The van der Waals surface area contributed by atoms with Gasteiger partial charge in [0.25, 0.3) is 0 Å². The molecule has 6 heteroatoms. The Morgan fingerprint density at radius 1 is 1.59 bits per heavy atom. The number of hydrogen-bond acceptors (Lipinski definition) is 4. The minimum absolute atomic E-state index is 0.0807. The number of halogens is 2. The van der Waals surface area contributed by atoms with Crippen molar-refractivity contribution in [1.82, 2.24) is 0 Å². The minimum atomic E-state index is -0.572. The van der Waals surface area contributed by atoms with E-state index in [4.69, 9.17) is 15.2 Å². The zero-order valence-corrected chi connectivity index (χ0v) is 10.5. The second kappa shape index (κ2) is 5.01. The Kier molecular flexibility index (Phi) is 3.63. The van der Waals surface area contributed by atoms with E-state index >= 15 is 0 Å². The molecule has 1 aliphatic heterocycles. The number of nitrogen functional groups attached to an aromatic ring is 1. The fourth-order valence-electron chi connectivity index (χ4n) is 1.54. The Bertz CT molecular complexity index is 447. The molecule has 0 spiro atoms. The van der Waals surface area contributed by atoms with Crippen LogP contribution in [0.5, 0.6) is 0 Å². The summed E-state index contributed by atoms with van der Waals surface area (Å²) in [5.74, 6) is -1.10. The van der Waals surface area contributed by atoms with Gasteiger partial charge < -0.3 is 15.2 Å². The van der Waals surface area contributed by atoms with Crippen LogP contribution in [0.3, 0.4) is 0 Å². The van der Waals surface area contributed by atoms with Crippen molar-refractivity contribution in [3.05, 3.63) is 28.0 Å². The smallest absolute Gasteiger partial charge is 0.339 e. The highest BCUT2D eigenvalue weighted by Gasteiger charge is 2.22. The van der Waals surface area contributed by atoms with Crippen LogP contribution in [0, 0.1) is 5.82 Å². The Morgan fingerprint density at radius 3 is 3.00 bits per heavy atom. The molecule has 1 atom stereocenters. The normalized spacial score (nSPS) is 19.3. The van der Waals surface area contributed by atoms with Crippen molar-refractivity contribution in [1.29, 1.82) is 0 Å². The number of anilines is 1. The zero-order chi connectivity index (χ0) is 12.4. The molecule has 0 aromatic heterocycles. The molecule has 17 heavy (non-hydrogen) atoms. The van der Waals surface area contributed by atoms with Gasteiger partial charge in [-0.1, -0.05) is 0 Å². The molecule has 4 nitrogen and oxygen atoms in total. The first-order chi connectivity index (χ1) is 8.08. The van der Waals surface area contributed by atoms with Crippen LogP contribution in [0.25, 0.3) is 0 Å². The fourth-order valence-corrected chi connectivity index (χ4v) is 2.02. The third kappa shape index (κ3) is 2.76. The predicted octanol–water partition coefficient (Wildman–Crippen LogP) is 2.12. The SMILES string of the molecule is Nc1cc(C(=O)OC2CCOC2)c(Br)cc1F. The standard InChI is InChI=1S/C11H11BrFNO3/c12-8-4-9(13)10(14)3-7(8)11(15)17-6-1-2-16-5-6/h3-4,6H,1-2,5,14H2. The molecule has 0 radical (unpaired) electrons. The van der Waals surface area contributed by atoms with Gasteiger partial charge in [-0.15, -0.1) is 0 Å². The van der Waals surface area contributed by atoms with Crippen LogP contribution in [0.15, 0.2) is 16.6 Å². The van der Waals surface area contributed by atoms with E-state index in [1.807, 2.05) is 0 Å². The van der Waals surface area contributed by atoms with Crippen molar-refractivity contribution in [3.8, 4) is 0 Å². The van der Waals surface area contributed by atoms with Gasteiger partial charge in [0.15, 0.2) is 0 Å². The van der Waals surface area contributed by atoms with E-state index in [2.05, 4.69) is 15.9 Å². The average molecular weight is 304 g/mol. The van der Waals surface area contributed by atoms with Crippen molar-refractivity contribution >= 4 is 27.6 Å². The van der Waals surface area contributed by atoms with Gasteiger partial charge in [-0.25, -0.2) is 9.18 Å². The van der Waals surface area contributed by atoms with Crippen LogP contribution in [0.4, 0.5) is 10.1 Å². The van der Waals surface area contributed by atoms with E-state index < -0.39 is 11.8 Å². The summed E-state index contributed by atoms with van der Waals surface area (Å²) in [4.78, 5) is 11.8. The zero-order valence-electron chi connectivity index (χ0n) is 8.91. The van der Waals surface area contributed by atoms with Gasteiger partial charge in [-0.05, 0) is 28.1 Å². The fraction of sp³-hybridized carbons (Fsp3) is 0.364. The molecule has 1 aromatic carbocycles. The number of benzene rings is 1. The minimum Gasteiger partial charge on any atom is -0.456 e. The van der Waals surface area contributed by atoms with Crippen molar-refractivity contribution < 1.29 is 18.7 Å². The molecular formula is C11H11BrFNO3. The van der Waals surface area contributed by atoms with Crippen LogP contribution in [0.2, 0.25) is 0 Å². The molecule has 1 aliphatic rings. The van der Waals surface area contributed by atoms with Crippen molar-refractivity contribution in [3.63, 3.8) is 0 Å². The average Bonchev–Trinajstić information content (AvgIpc) is 2.76. The molecule has 0 bridgehead atoms. The second-order valence-corrected chi connectivity index (χ2v) is 4.60. The Morgan fingerprint density at radius 2 is 2.35 bits per heavy atom. The Labute approximate surface area is 106 Å². The summed E-state index contributed by atoms with van der Waals surface area (Å²) in [6, 6.07) is 2.41. The van der Waals surface area contributed by atoms with E-state index in [0.717, 1.165) is 6.07 Å². The van der Waals surface area contributed by atoms with E-state index in [0.29, 0.717) is 24.1 Å². The highest BCUT2D eigenvalue weighted by atomic mass is 79.9. The molecule has 1 aromatic rings. The van der Waals surface area contributed by atoms with Gasteiger partial charge in [0.05, 0.1) is 24.5 Å². The van der Waals surface area contributed by atoms with Gasteiger partial charge in [-0.2, -0.15) is 0 Å². The van der Waals surface area contributed by atoms with Gasteiger partial charge in [0.2, 0.25) is 0 Å². The summed E-state index contributed by atoms with van der Waals surface area (Å²) < 4.78 is 23.7. The molecule has 0 saturated carbocycles. The summed E-state index contributed by atoms with van der Waals surface area (Å²) in [6.45, 7) is 0.991. The first-order valence-electron chi connectivity index (χ1n) is 5.11. The van der Waals surface area contributed by atoms with Gasteiger partial charge in [-0.3, -0.25) is 0 Å². The first kappa shape index (κ1) is 12.3. The largest absolute Gasteiger partial charge is 0.456 e. The summed E-state index contributed by atoms with van der Waals surface area (Å²) >= 11 is 3.10. The number of esters is 1. The number of carbonyl (C=O) groups is 1. The molecule has 0 amide bonds. The van der Waals surface area contributed by atoms with E-state index in [9.17, 15) is 9.18 Å². The van der Waals surface area contributed by atoms with E-state index in [1.54, 1.807) is 0 Å². The highest BCUT2D eigenvalue weighted by molar-refractivity contribution is 9.10. The number of rotatable bonds is 2. The lowest BCUT2D eigenvalue weighted by Crippen LogP contribution is -2.18. The van der Waals surface area contributed by atoms with Gasteiger partial charge >= 0.3 is 5.97 Å². The lowest BCUT2D eigenvalue weighted by atomic mass is 10.2. The molecule has 2 N–H and O–H groups in total. The predicted molar refractivity (Wildman–Crippen MR) is 63.2 cm³/mol. The van der Waals surface area contributed by atoms with E-state index in [-0.39, 0.29) is 17.4 Å². The lowest BCUT2D eigenvalue weighted by Gasteiger charge is -2.11. The summed E-state index contributed by atoms with van der Waals surface area (Å²) in [7, 11) is 0. The topological polar surface area (TPSA) is 61.6 Å². The Balaban J connectivity index is 2.15. The first-order valence-corrected chi connectivity index (χ1v) is 5.90. The molecule has 1 unspecified atom stereocenters. The highest BCUT2D eigenvalue weighted by Crippen LogP contribution is 2.24. The van der Waals surface area contributed by atoms with Gasteiger partial charge in [0.1, 0.15) is 11.9 Å². The van der Waals surface area contributed by atoms with Crippen molar-refractivity contribution in [2.75, 3.05) is 18.9 Å². The quantitative estimate of drug-likeness (QED) is 0.671. The number of nitrogens with two attached hydrogens (primary N) is 1. The molecule has 92 valence electrons. The maximum absolute atomic E-state index is 13.1. The third-order valence-electron chi connectivity index (χ3n) is 2.47. The van der Waals surface area contributed by atoms with Gasteiger partial charge in [0, 0.05) is 10.9 Å². The molecular weight excluding hydrogens is 293 g/mol. The second-order valence-electron chi connectivity index (χ2n) is 3.74. The molecule has 1 heterocycles. The van der Waals surface area contributed by atoms with Crippen LogP contribution in [-0.2, 0) is 9.47 Å². The molecule has 2 rings (SSSR count). The van der Waals surface area contributed by atoms with Crippen LogP contribution < -0.4 is 5.73 Å². The lowest BCUT2D eigenvalue weighted by molar-refractivity contribution is 0.0269. The van der Waals surface area contributed by atoms with E-state index in [1.165, 1.54) is 6.07 Å². The monoisotopic (exact) mass is 303 g/mol. The molecule has 1 saturated heterocycles. The summed E-state index contributed by atoms with van der Waals surface area (Å²) in [5, 5.41) is 0. The van der Waals surface area contributed by atoms with Crippen LogP contribution in [-0.4, -0.2) is 25.3 Å². The maximum atomic E-state index is 13.1. The summed E-state index contributed by atoms with van der Waals surface area (Å²) in [6.07, 6.45) is 0.445. The van der Waals surface area contributed by atoms with Crippen molar-refractivity contribution in [2.45, 2.75) is 12.5 Å². The van der Waals surface area contributed by atoms with Crippen LogP contribution >= 0.6 is 15.9 Å².